The molecule has 0 bridgehead atoms. The molecule has 1 radical (unpaired) electrons. The summed E-state index contributed by atoms with van der Waals surface area (Å²) in [5.41, 5.74) is 0. The Labute approximate surface area is 63.2 Å². The molecular weight excluding hydrogens is 167 g/mol. The van der Waals surface area contributed by atoms with Gasteiger partial charge in [-0.15, -0.1) is 0 Å². The summed E-state index contributed by atoms with van der Waals surface area (Å²) in [6, 6.07) is 0. The Morgan fingerprint density at radius 3 is 1.00 bits per heavy atom. The van der Waals surface area contributed by atoms with E-state index in [4.69, 9.17) is 3.40 Å². The third-order valence-corrected chi connectivity index (χ3v) is 0. The summed E-state index contributed by atoms with van der Waals surface area (Å²) in [6.07, 6.45) is 0. The van der Waals surface area contributed by atoms with E-state index in [0.717, 1.165) is 0 Å². The first-order valence-electron chi connectivity index (χ1n) is 0.167. The van der Waals surface area contributed by atoms with Gasteiger partial charge in [0.2, 0.25) is 0 Å². The first-order chi connectivity index (χ1) is 1.00. The molecule has 5 heteroatoms. The van der Waals surface area contributed by atoms with E-state index in [9.17, 15) is 0 Å². The molecule has 0 atom stereocenters. The molecule has 0 aliphatic rings. The van der Waals surface area contributed by atoms with Crippen molar-refractivity contribution in [2.45, 2.75) is 0 Å². The monoisotopic (exact) mass is 173 g/mol. The summed E-state index contributed by atoms with van der Waals surface area (Å²) < 4.78 is 8.26. The summed E-state index contributed by atoms with van der Waals surface area (Å²) in [6.45, 7) is 0. The molecule has 0 fully saturated rings. The summed E-state index contributed by atoms with van der Waals surface area (Å²) in [5, 5.41) is 0. The van der Waals surface area contributed by atoms with Gasteiger partial charge in [-0.1, -0.05) is 0 Å². The van der Waals surface area contributed by atoms with E-state index < -0.39 is 0 Å². The maximum atomic E-state index is 8.26. The molecule has 0 heterocycles. The molecule has 0 aromatic heterocycles. The van der Waals surface area contributed by atoms with Gasteiger partial charge in [0.05, 0.1) is 0 Å². The first kappa shape index (κ1) is 32.3. The molecule has 4 N–H and O–H groups in total. The Hall–Kier alpha value is 1.41. The minimum absolute atomic E-state index is 0. The summed E-state index contributed by atoms with van der Waals surface area (Å²) in [5.74, 6) is 0. The molecule has 0 aromatic rings. The van der Waals surface area contributed by atoms with Crippen LogP contribution in [0, 0.1) is 0 Å². The second kappa shape index (κ2) is 53.0. The summed E-state index contributed by atoms with van der Waals surface area (Å²) >= 11 is 0.700. The molecular formula is H4MoNaO3. The van der Waals surface area contributed by atoms with E-state index in [0.29, 0.717) is 19.8 Å². The van der Waals surface area contributed by atoms with Gasteiger partial charge in [0.15, 0.2) is 0 Å². The molecule has 0 aromatic carbocycles. The summed E-state index contributed by atoms with van der Waals surface area (Å²) in [7, 11) is 0. The van der Waals surface area contributed by atoms with Gasteiger partial charge >= 0.3 is 23.2 Å². The zero-order chi connectivity index (χ0) is 2.00. The normalized spacial score (nSPS) is 0.800. The molecule has 0 aliphatic carbocycles. The van der Waals surface area contributed by atoms with Crippen molar-refractivity contribution in [2.24, 2.45) is 0 Å². The Bertz CT molecular complexity index is 6.85. The molecule has 0 aliphatic heterocycles. The third kappa shape index (κ3) is 31.7. The van der Waals surface area contributed by atoms with Crippen LogP contribution in [0.1, 0.15) is 0 Å². The van der Waals surface area contributed by atoms with Crippen molar-refractivity contribution in [2.75, 3.05) is 0 Å². The van der Waals surface area contributed by atoms with Gasteiger partial charge in [0.25, 0.3) is 0 Å². The van der Waals surface area contributed by atoms with Crippen molar-refractivity contribution in [3.05, 3.63) is 0 Å². The van der Waals surface area contributed by atoms with E-state index in [1.807, 2.05) is 0 Å². The molecule has 0 saturated carbocycles. The van der Waals surface area contributed by atoms with Crippen LogP contribution in [-0.4, -0.2) is 40.5 Å². The molecule has 5 heavy (non-hydrogen) atoms. The van der Waals surface area contributed by atoms with Crippen LogP contribution in [0.5, 0.6) is 0 Å². The predicted octanol–water partition coefficient (Wildman–Crippen LogP) is -2.15. The van der Waals surface area contributed by atoms with Crippen LogP contribution in [0.15, 0.2) is 0 Å². The third-order valence-electron chi connectivity index (χ3n) is 0. The van der Waals surface area contributed by atoms with Gasteiger partial charge in [-0.3, -0.25) is 0 Å². The van der Waals surface area contributed by atoms with Crippen molar-refractivity contribution in [1.29, 1.82) is 0 Å². The van der Waals surface area contributed by atoms with Crippen LogP contribution >= 0.6 is 0 Å². The van der Waals surface area contributed by atoms with E-state index in [1.54, 1.807) is 0 Å². The second-order valence-corrected chi connectivity index (χ2v) is 0. The van der Waals surface area contributed by atoms with Gasteiger partial charge in [-0.05, 0) is 0 Å². The van der Waals surface area contributed by atoms with Crippen molar-refractivity contribution in [3.8, 4) is 0 Å². The molecule has 0 saturated heterocycles. The van der Waals surface area contributed by atoms with E-state index in [2.05, 4.69) is 0 Å². The molecule has 0 spiro atoms. The van der Waals surface area contributed by atoms with Crippen molar-refractivity contribution < 1.29 is 34.1 Å². The van der Waals surface area contributed by atoms with Crippen molar-refractivity contribution in [1.82, 2.24) is 0 Å². The van der Waals surface area contributed by atoms with E-state index in [1.165, 1.54) is 0 Å². The fourth-order valence-electron chi connectivity index (χ4n) is 0. The second-order valence-electron chi connectivity index (χ2n) is 0. The van der Waals surface area contributed by atoms with Gasteiger partial charge in [-0.2, -0.15) is 0 Å². The predicted molar refractivity (Wildman–Crippen MR) is 13.7 cm³/mol. The fraction of sp³-hybridized carbons (Fsp3) is 0. The maximum absolute atomic E-state index is 8.26. The van der Waals surface area contributed by atoms with Gasteiger partial charge in [0.1, 0.15) is 0 Å². The Kier molecular flexibility index (Phi) is 343. The zero-order valence-electron chi connectivity index (χ0n) is 2.82. The fourth-order valence-corrected chi connectivity index (χ4v) is 0. The minimum atomic E-state index is 0. The standard InChI is InChI=1S/Mo.Na.2H2O.O/h;;2*1H2;. The SMILES string of the molecule is O.O.[Na].[O]=[Mo]. The van der Waals surface area contributed by atoms with Crippen LogP contribution in [0.4, 0.5) is 0 Å². The van der Waals surface area contributed by atoms with Crippen LogP contribution in [-0.2, 0) is 23.2 Å². The first-order valence-corrected chi connectivity index (χ1v) is 0.986. The van der Waals surface area contributed by atoms with Crippen LogP contribution in [0.25, 0.3) is 0 Å². The van der Waals surface area contributed by atoms with Crippen molar-refractivity contribution in [3.63, 3.8) is 0 Å². The molecule has 0 unspecified atom stereocenters. The van der Waals surface area contributed by atoms with E-state index >= 15 is 0 Å². The summed E-state index contributed by atoms with van der Waals surface area (Å²) in [4.78, 5) is 0. The number of rotatable bonds is 0. The number of hydrogen-bond donors (Lipinski definition) is 0. The quantitative estimate of drug-likeness (QED) is 0.382. The van der Waals surface area contributed by atoms with Crippen LogP contribution < -0.4 is 0 Å². The van der Waals surface area contributed by atoms with E-state index in [-0.39, 0.29) is 40.5 Å². The number of hydrogen-bond acceptors (Lipinski definition) is 1. The molecule has 29 valence electrons. The topological polar surface area (TPSA) is 80.1 Å². The Balaban J connectivity index is -0.00000000167. The molecule has 3 nitrogen and oxygen atoms in total. The van der Waals surface area contributed by atoms with Gasteiger partial charge < -0.3 is 11.0 Å². The Morgan fingerprint density at radius 2 is 1.00 bits per heavy atom. The van der Waals surface area contributed by atoms with Crippen LogP contribution in [0.2, 0.25) is 0 Å². The molecule has 0 rings (SSSR count). The Morgan fingerprint density at radius 1 is 1.00 bits per heavy atom. The zero-order valence-corrected chi connectivity index (χ0v) is 6.82. The molecule has 0 amide bonds. The van der Waals surface area contributed by atoms with Crippen molar-refractivity contribution >= 4 is 29.6 Å². The van der Waals surface area contributed by atoms with Gasteiger partial charge in [0, 0.05) is 29.6 Å². The van der Waals surface area contributed by atoms with Gasteiger partial charge in [-0.25, -0.2) is 0 Å². The average molecular weight is 171 g/mol. The average Bonchev–Trinajstić information content (AvgIpc) is 1.00. The van der Waals surface area contributed by atoms with Crippen LogP contribution in [0.3, 0.4) is 0 Å².